The summed E-state index contributed by atoms with van der Waals surface area (Å²) in [6, 6.07) is 0. The van der Waals surface area contributed by atoms with Crippen molar-refractivity contribution in [3.05, 3.63) is 11.6 Å². The molecule has 0 heterocycles. The normalized spacial score (nSPS) is 12.2. The molecule has 3 heteroatoms. The highest BCUT2D eigenvalue weighted by Gasteiger charge is 1.96. The Kier molecular flexibility index (Phi) is 5.37. The van der Waals surface area contributed by atoms with Crippen molar-refractivity contribution in [1.82, 2.24) is 0 Å². The number of hydrogen-bond acceptors (Lipinski definition) is 2. The van der Waals surface area contributed by atoms with Gasteiger partial charge in [-0.25, -0.2) is 4.79 Å². The zero-order valence-corrected chi connectivity index (χ0v) is 7.83. The standard InChI is InChI=1S/C9H16O3/c1-7(2)5-12-6-8(3)4-9(10)11/h4,7H,5-6H2,1-3H3,(H,10,11). The van der Waals surface area contributed by atoms with Crippen LogP contribution < -0.4 is 0 Å². The van der Waals surface area contributed by atoms with E-state index in [1.165, 1.54) is 6.08 Å². The smallest absolute Gasteiger partial charge is 0.328 e. The van der Waals surface area contributed by atoms with Gasteiger partial charge >= 0.3 is 5.97 Å². The summed E-state index contributed by atoms with van der Waals surface area (Å²) in [6.07, 6.45) is 1.17. The second kappa shape index (κ2) is 5.77. The Hall–Kier alpha value is -0.830. The number of ether oxygens (including phenoxy) is 1. The van der Waals surface area contributed by atoms with Gasteiger partial charge in [0.05, 0.1) is 6.61 Å². The Morgan fingerprint density at radius 1 is 1.58 bits per heavy atom. The predicted octanol–water partition coefficient (Wildman–Crippen LogP) is 1.69. The highest BCUT2D eigenvalue weighted by atomic mass is 16.5. The van der Waals surface area contributed by atoms with Gasteiger partial charge in [-0.05, 0) is 18.4 Å². The molecule has 12 heavy (non-hydrogen) atoms. The maximum atomic E-state index is 10.2. The van der Waals surface area contributed by atoms with Crippen LogP contribution in [0.15, 0.2) is 11.6 Å². The number of carboxylic acids is 1. The summed E-state index contributed by atoms with van der Waals surface area (Å²) in [5, 5.41) is 8.36. The molecule has 0 saturated carbocycles. The lowest BCUT2D eigenvalue weighted by molar-refractivity contribution is -0.131. The highest BCUT2D eigenvalue weighted by Crippen LogP contribution is 1.97. The number of rotatable bonds is 5. The fourth-order valence-corrected chi connectivity index (χ4v) is 0.708. The van der Waals surface area contributed by atoms with E-state index in [1.54, 1.807) is 6.92 Å². The van der Waals surface area contributed by atoms with Gasteiger partial charge in [0.2, 0.25) is 0 Å². The van der Waals surface area contributed by atoms with E-state index in [9.17, 15) is 4.79 Å². The minimum absolute atomic E-state index is 0.407. The van der Waals surface area contributed by atoms with Crippen LogP contribution in [-0.4, -0.2) is 24.3 Å². The molecule has 0 aromatic rings. The number of carbonyl (C=O) groups is 1. The van der Waals surface area contributed by atoms with Crippen molar-refractivity contribution in [1.29, 1.82) is 0 Å². The molecule has 0 aromatic heterocycles. The molecule has 0 aliphatic carbocycles. The molecular formula is C9H16O3. The number of carboxylic acid groups (broad SMARTS) is 1. The fourth-order valence-electron chi connectivity index (χ4n) is 0.708. The molecule has 3 nitrogen and oxygen atoms in total. The van der Waals surface area contributed by atoms with Crippen molar-refractivity contribution in [2.24, 2.45) is 5.92 Å². The first-order chi connectivity index (χ1) is 5.52. The summed E-state index contributed by atoms with van der Waals surface area (Å²) < 4.78 is 5.23. The second-order valence-corrected chi connectivity index (χ2v) is 3.24. The van der Waals surface area contributed by atoms with Crippen molar-refractivity contribution in [3.63, 3.8) is 0 Å². The minimum Gasteiger partial charge on any atom is -0.478 e. The molecule has 1 N–H and O–H groups in total. The van der Waals surface area contributed by atoms with Crippen molar-refractivity contribution in [2.75, 3.05) is 13.2 Å². The molecule has 0 aliphatic rings. The molecule has 0 radical (unpaired) electrons. The molecule has 70 valence electrons. The van der Waals surface area contributed by atoms with Gasteiger partial charge in [0.25, 0.3) is 0 Å². The molecule has 0 saturated heterocycles. The maximum absolute atomic E-state index is 10.2. The lowest BCUT2D eigenvalue weighted by Gasteiger charge is -2.05. The van der Waals surface area contributed by atoms with Crippen LogP contribution in [0.1, 0.15) is 20.8 Å². The SMILES string of the molecule is CC(=CC(=O)O)COCC(C)C. The highest BCUT2D eigenvalue weighted by molar-refractivity contribution is 5.80. The van der Waals surface area contributed by atoms with Crippen molar-refractivity contribution in [2.45, 2.75) is 20.8 Å². The summed E-state index contributed by atoms with van der Waals surface area (Å²) in [5.74, 6) is -0.428. The largest absolute Gasteiger partial charge is 0.478 e. The van der Waals surface area contributed by atoms with Crippen LogP contribution >= 0.6 is 0 Å². The van der Waals surface area contributed by atoms with Gasteiger partial charge in [0, 0.05) is 12.7 Å². The minimum atomic E-state index is -0.916. The van der Waals surface area contributed by atoms with E-state index < -0.39 is 5.97 Å². The molecular weight excluding hydrogens is 156 g/mol. The summed E-state index contributed by atoms with van der Waals surface area (Å²) >= 11 is 0. The van der Waals surface area contributed by atoms with Gasteiger partial charge in [0.1, 0.15) is 0 Å². The molecule has 0 unspecified atom stereocenters. The Morgan fingerprint density at radius 3 is 2.58 bits per heavy atom. The van der Waals surface area contributed by atoms with Gasteiger partial charge in [-0.1, -0.05) is 13.8 Å². The van der Waals surface area contributed by atoms with Crippen LogP contribution in [-0.2, 0) is 9.53 Å². The first kappa shape index (κ1) is 11.2. The quantitative estimate of drug-likeness (QED) is 0.642. The van der Waals surface area contributed by atoms with Crippen molar-refractivity contribution < 1.29 is 14.6 Å². The van der Waals surface area contributed by atoms with Gasteiger partial charge < -0.3 is 9.84 Å². The molecule has 0 spiro atoms. The summed E-state index contributed by atoms with van der Waals surface area (Å²) in [7, 11) is 0. The molecule has 0 aromatic carbocycles. The Bertz CT molecular complexity index is 171. The fraction of sp³-hybridized carbons (Fsp3) is 0.667. The van der Waals surface area contributed by atoms with Gasteiger partial charge in [-0.3, -0.25) is 0 Å². The van der Waals surface area contributed by atoms with Crippen LogP contribution in [0.2, 0.25) is 0 Å². The summed E-state index contributed by atoms with van der Waals surface area (Å²) in [6.45, 7) is 6.93. The zero-order valence-electron chi connectivity index (χ0n) is 7.83. The first-order valence-electron chi connectivity index (χ1n) is 4.00. The lowest BCUT2D eigenvalue weighted by Crippen LogP contribution is -2.04. The summed E-state index contributed by atoms with van der Waals surface area (Å²) in [4.78, 5) is 10.2. The van der Waals surface area contributed by atoms with Gasteiger partial charge in [0.15, 0.2) is 0 Å². The molecule has 0 atom stereocenters. The third-order valence-corrected chi connectivity index (χ3v) is 1.15. The average molecular weight is 172 g/mol. The Morgan fingerprint density at radius 2 is 2.17 bits per heavy atom. The first-order valence-corrected chi connectivity index (χ1v) is 4.00. The lowest BCUT2D eigenvalue weighted by atomic mass is 10.2. The van der Waals surface area contributed by atoms with E-state index in [0.717, 1.165) is 5.57 Å². The molecule has 0 aliphatic heterocycles. The van der Waals surface area contributed by atoms with Crippen LogP contribution in [0.5, 0.6) is 0 Å². The average Bonchev–Trinajstić information content (AvgIpc) is 1.84. The molecule has 0 amide bonds. The van der Waals surface area contributed by atoms with E-state index in [0.29, 0.717) is 19.1 Å². The van der Waals surface area contributed by atoms with E-state index in [4.69, 9.17) is 9.84 Å². The molecule has 0 fully saturated rings. The van der Waals surface area contributed by atoms with E-state index in [2.05, 4.69) is 13.8 Å². The van der Waals surface area contributed by atoms with E-state index in [-0.39, 0.29) is 0 Å². The predicted molar refractivity (Wildman–Crippen MR) is 47.0 cm³/mol. The van der Waals surface area contributed by atoms with E-state index >= 15 is 0 Å². The Balaban J connectivity index is 3.57. The van der Waals surface area contributed by atoms with Gasteiger partial charge in [-0.2, -0.15) is 0 Å². The van der Waals surface area contributed by atoms with Crippen LogP contribution in [0.3, 0.4) is 0 Å². The van der Waals surface area contributed by atoms with E-state index in [1.807, 2.05) is 0 Å². The third-order valence-electron chi connectivity index (χ3n) is 1.15. The summed E-state index contributed by atoms with van der Waals surface area (Å²) in [5.41, 5.74) is 0.739. The van der Waals surface area contributed by atoms with Crippen molar-refractivity contribution >= 4 is 5.97 Å². The zero-order chi connectivity index (χ0) is 9.56. The van der Waals surface area contributed by atoms with Crippen LogP contribution in [0.25, 0.3) is 0 Å². The molecule has 0 bridgehead atoms. The van der Waals surface area contributed by atoms with Crippen LogP contribution in [0, 0.1) is 5.92 Å². The topological polar surface area (TPSA) is 46.5 Å². The second-order valence-electron chi connectivity index (χ2n) is 3.24. The number of aliphatic carboxylic acids is 1. The van der Waals surface area contributed by atoms with Crippen LogP contribution in [0.4, 0.5) is 0 Å². The monoisotopic (exact) mass is 172 g/mol. The van der Waals surface area contributed by atoms with Gasteiger partial charge in [-0.15, -0.1) is 0 Å². The molecule has 0 rings (SSSR count). The Labute approximate surface area is 73.0 Å². The number of hydrogen-bond donors (Lipinski definition) is 1. The third kappa shape index (κ3) is 7.28. The maximum Gasteiger partial charge on any atom is 0.328 e. The van der Waals surface area contributed by atoms with Crippen molar-refractivity contribution in [3.8, 4) is 0 Å².